The number of rotatable bonds is 3. The van der Waals surface area contributed by atoms with Crippen molar-refractivity contribution in [3.8, 4) is 0 Å². The Hall–Kier alpha value is -1.26. The molecule has 4 heteroatoms. The number of nitrogens with one attached hydrogen (secondary N) is 1. The first kappa shape index (κ1) is 11.2. The number of hydrogen-bond acceptors (Lipinski definition) is 4. The van der Waals surface area contributed by atoms with E-state index in [2.05, 4.69) is 29.4 Å². The second-order valence-electron chi connectivity index (χ2n) is 3.91. The van der Waals surface area contributed by atoms with E-state index in [1.165, 1.54) is 0 Å². The van der Waals surface area contributed by atoms with Crippen LogP contribution in [0.3, 0.4) is 0 Å². The fourth-order valence-electron chi connectivity index (χ4n) is 2.00. The molecule has 1 fully saturated rings. The number of ether oxygens (including phenoxy) is 1. The zero-order chi connectivity index (χ0) is 11.4. The lowest BCUT2D eigenvalue weighted by Gasteiger charge is -2.29. The van der Waals surface area contributed by atoms with E-state index in [0.717, 1.165) is 49.7 Å². The highest BCUT2D eigenvalue weighted by Crippen LogP contribution is 2.24. The topological polar surface area (TPSA) is 44.7 Å². The minimum absolute atomic E-state index is 0.775. The van der Waals surface area contributed by atoms with Crippen molar-refractivity contribution in [2.45, 2.75) is 13.3 Å². The van der Waals surface area contributed by atoms with Crippen LogP contribution >= 0.6 is 0 Å². The number of aryl methyl sites for hydroxylation is 1. The summed E-state index contributed by atoms with van der Waals surface area (Å²) >= 11 is 0. The third kappa shape index (κ3) is 2.28. The van der Waals surface area contributed by atoms with Crippen LogP contribution in [0.4, 0.5) is 11.4 Å². The van der Waals surface area contributed by atoms with Gasteiger partial charge in [0.15, 0.2) is 0 Å². The minimum atomic E-state index is 0.775. The Morgan fingerprint density at radius 1 is 1.38 bits per heavy atom. The van der Waals surface area contributed by atoms with E-state index in [0.29, 0.717) is 0 Å². The fraction of sp³-hybridized carbons (Fsp3) is 0.500. The normalized spacial score (nSPS) is 16.2. The van der Waals surface area contributed by atoms with Crippen molar-refractivity contribution >= 4 is 11.4 Å². The van der Waals surface area contributed by atoms with Gasteiger partial charge in [0, 0.05) is 18.8 Å². The summed E-state index contributed by atoms with van der Waals surface area (Å²) in [6.45, 7) is 5.45. The van der Waals surface area contributed by atoms with Gasteiger partial charge in [-0.05, 0) is 24.1 Å². The molecule has 1 aromatic rings. The summed E-state index contributed by atoms with van der Waals surface area (Å²) in [7, 11) is 0. The van der Waals surface area contributed by atoms with Crippen LogP contribution in [0.5, 0.6) is 0 Å². The second-order valence-corrected chi connectivity index (χ2v) is 3.91. The van der Waals surface area contributed by atoms with E-state index in [-0.39, 0.29) is 0 Å². The fourth-order valence-corrected chi connectivity index (χ4v) is 2.00. The summed E-state index contributed by atoms with van der Waals surface area (Å²) < 4.78 is 5.32. The number of benzene rings is 1. The third-order valence-electron chi connectivity index (χ3n) is 2.97. The molecular weight excluding hydrogens is 204 g/mol. The molecule has 1 saturated heterocycles. The molecule has 1 aliphatic heterocycles. The van der Waals surface area contributed by atoms with Gasteiger partial charge in [0.05, 0.1) is 18.9 Å². The predicted octanol–water partition coefficient (Wildman–Crippen LogP) is 1.89. The maximum atomic E-state index is 9.08. The molecular formula is C12H18N2O2. The lowest BCUT2D eigenvalue weighted by molar-refractivity contribution is 0.122. The van der Waals surface area contributed by atoms with Crippen LogP contribution in [0.2, 0.25) is 0 Å². The largest absolute Gasteiger partial charge is 0.378 e. The van der Waals surface area contributed by atoms with E-state index in [9.17, 15) is 0 Å². The Balaban J connectivity index is 2.20. The molecule has 0 radical (unpaired) electrons. The zero-order valence-electron chi connectivity index (χ0n) is 9.57. The Kier molecular flexibility index (Phi) is 3.64. The molecule has 16 heavy (non-hydrogen) atoms. The van der Waals surface area contributed by atoms with Crippen molar-refractivity contribution in [2.24, 2.45) is 0 Å². The first-order valence-corrected chi connectivity index (χ1v) is 5.71. The number of nitrogens with zero attached hydrogens (tertiary/aromatic N) is 1. The molecule has 1 heterocycles. The van der Waals surface area contributed by atoms with Crippen molar-refractivity contribution in [1.82, 2.24) is 0 Å². The predicted molar refractivity (Wildman–Crippen MR) is 64.3 cm³/mol. The summed E-state index contributed by atoms with van der Waals surface area (Å²) in [6.07, 6.45) is 0.909. The third-order valence-corrected chi connectivity index (χ3v) is 2.97. The summed E-state index contributed by atoms with van der Waals surface area (Å²) in [4.78, 5) is 2.27. The molecule has 0 amide bonds. The average molecular weight is 222 g/mol. The molecule has 4 nitrogen and oxygen atoms in total. The van der Waals surface area contributed by atoms with Gasteiger partial charge in [0.25, 0.3) is 0 Å². The maximum Gasteiger partial charge on any atom is 0.0654 e. The Bertz CT molecular complexity index is 349. The number of hydrogen-bond donors (Lipinski definition) is 2. The van der Waals surface area contributed by atoms with Crippen LogP contribution in [0, 0.1) is 0 Å². The van der Waals surface area contributed by atoms with E-state index in [1.807, 2.05) is 6.07 Å². The van der Waals surface area contributed by atoms with Crippen LogP contribution < -0.4 is 10.4 Å². The quantitative estimate of drug-likeness (QED) is 0.767. The molecule has 88 valence electrons. The van der Waals surface area contributed by atoms with E-state index < -0.39 is 0 Å². The van der Waals surface area contributed by atoms with Gasteiger partial charge in [-0.3, -0.25) is 10.7 Å². The van der Waals surface area contributed by atoms with Gasteiger partial charge in [-0.15, -0.1) is 0 Å². The van der Waals surface area contributed by atoms with Gasteiger partial charge in [0.1, 0.15) is 0 Å². The molecule has 1 aromatic carbocycles. The second kappa shape index (κ2) is 5.18. The Morgan fingerprint density at radius 2 is 2.12 bits per heavy atom. The van der Waals surface area contributed by atoms with Gasteiger partial charge in [-0.1, -0.05) is 13.0 Å². The lowest BCUT2D eigenvalue weighted by atomic mass is 10.1. The number of anilines is 2. The van der Waals surface area contributed by atoms with Crippen LogP contribution in [0.15, 0.2) is 18.2 Å². The highest BCUT2D eigenvalue weighted by Gasteiger charge is 2.12. The van der Waals surface area contributed by atoms with Crippen LogP contribution in [0.1, 0.15) is 12.5 Å². The molecule has 0 aliphatic carbocycles. The summed E-state index contributed by atoms with van der Waals surface area (Å²) in [5.41, 5.74) is 5.33. The van der Waals surface area contributed by atoms with Crippen molar-refractivity contribution in [3.05, 3.63) is 23.8 Å². The minimum Gasteiger partial charge on any atom is -0.378 e. The van der Waals surface area contributed by atoms with E-state index >= 15 is 0 Å². The standard InChI is InChI=1S/C12H18N2O2/c1-2-10-3-4-11(9-12(10)13-15)14-5-7-16-8-6-14/h3-4,9,13,15H,2,5-8H2,1H3. The zero-order valence-corrected chi connectivity index (χ0v) is 9.57. The molecule has 2 N–H and O–H groups in total. The van der Waals surface area contributed by atoms with E-state index in [4.69, 9.17) is 9.94 Å². The van der Waals surface area contributed by atoms with Gasteiger partial charge in [-0.2, -0.15) is 0 Å². The summed E-state index contributed by atoms with van der Waals surface area (Å²) in [5, 5.41) is 9.08. The van der Waals surface area contributed by atoms with Crippen LogP contribution in [0.25, 0.3) is 0 Å². The monoisotopic (exact) mass is 222 g/mol. The Labute approximate surface area is 95.8 Å². The Morgan fingerprint density at radius 3 is 2.75 bits per heavy atom. The summed E-state index contributed by atoms with van der Waals surface area (Å²) in [6, 6.07) is 6.15. The van der Waals surface area contributed by atoms with Gasteiger partial charge in [0.2, 0.25) is 0 Å². The van der Waals surface area contributed by atoms with Gasteiger partial charge < -0.3 is 9.64 Å². The van der Waals surface area contributed by atoms with Crippen molar-refractivity contribution < 1.29 is 9.94 Å². The summed E-state index contributed by atoms with van der Waals surface area (Å²) in [5.74, 6) is 0. The van der Waals surface area contributed by atoms with Crippen LogP contribution in [-0.4, -0.2) is 31.5 Å². The van der Waals surface area contributed by atoms with E-state index in [1.54, 1.807) is 0 Å². The van der Waals surface area contributed by atoms with Crippen molar-refractivity contribution in [1.29, 1.82) is 0 Å². The van der Waals surface area contributed by atoms with Gasteiger partial charge in [-0.25, -0.2) is 0 Å². The average Bonchev–Trinajstić information content (AvgIpc) is 2.39. The molecule has 0 bridgehead atoms. The maximum absolute atomic E-state index is 9.08. The lowest BCUT2D eigenvalue weighted by Crippen LogP contribution is -2.36. The highest BCUT2D eigenvalue weighted by molar-refractivity contribution is 5.61. The van der Waals surface area contributed by atoms with Crippen molar-refractivity contribution in [2.75, 3.05) is 36.7 Å². The molecule has 0 unspecified atom stereocenters. The molecule has 0 aromatic heterocycles. The smallest absolute Gasteiger partial charge is 0.0654 e. The molecule has 0 atom stereocenters. The molecule has 0 saturated carbocycles. The van der Waals surface area contributed by atoms with Crippen LogP contribution in [-0.2, 0) is 11.2 Å². The molecule has 1 aliphatic rings. The molecule has 2 rings (SSSR count). The highest BCUT2D eigenvalue weighted by atomic mass is 16.5. The molecule has 0 spiro atoms. The first-order chi connectivity index (χ1) is 7.85. The first-order valence-electron chi connectivity index (χ1n) is 5.71. The number of morpholine rings is 1. The SMILES string of the molecule is CCc1ccc(N2CCOCC2)cc1NO. The van der Waals surface area contributed by atoms with Gasteiger partial charge >= 0.3 is 0 Å². The van der Waals surface area contributed by atoms with Crippen molar-refractivity contribution in [3.63, 3.8) is 0 Å².